The Kier molecular flexibility index (Phi) is 10.7. The third-order valence-corrected chi connectivity index (χ3v) is 3.35. The summed E-state index contributed by atoms with van der Waals surface area (Å²) in [4.78, 5) is 13.8. The SMILES string of the molecule is CC(C)(N)C(=O)NCCN1CCSCC1.Cl.Cl. The quantitative estimate of drug-likeness (QED) is 0.804. The van der Waals surface area contributed by atoms with Crippen LogP contribution >= 0.6 is 36.6 Å². The van der Waals surface area contributed by atoms with Gasteiger partial charge in [-0.3, -0.25) is 9.69 Å². The van der Waals surface area contributed by atoms with Crippen molar-refractivity contribution in [2.75, 3.05) is 37.7 Å². The van der Waals surface area contributed by atoms with Gasteiger partial charge in [-0.2, -0.15) is 11.8 Å². The Morgan fingerprint density at radius 1 is 1.35 bits per heavy atom. The number of thioether (sulfide) groups is 1. The summed E-state index contributed by atoms with van der Waals surface area (Å²) in [7, 11) is 0. The molecule has 1 amide bonds. The normalized spacial score (nSPS) is 16.6. The van der Waals surface area contributed by atoms with Gasteiger partial charge in [0, 0.05) is 37.7 Å². The molecule has 1 aliphatic heterocycles. The second-order valence-electron chi connectivity index (χ2n) is 4.43. The van der Waals surface area contributed by atoms with Crippen LogP contribution in [0.15, 0.2) is 0 Å². The Balaban J connectivity index is 0. The number of nitrogens with one attached hydrogen (secondary N) is 1. The Morgan fingerprint density at radius 2 is 1.88 bits per heavy atom. The highest BCUT2D eigenvalue weighted by molar-refractivity contribution is 7.99. The van der Waals surface area contributed by atoms with E-state index in [9.17, 15) is 4.79 Å². The second-order valence-corrected chi connectivity index (χ2v) is 5.66. The van der Waals surface area contributed by atoms with Crippen LogP contribution in [0.4, 0.5) is 0 Å². The maximum Gasteiger partial charge on any atom is 0.239 e. The van der Waals surface area contributed by atoms with Crippen LogP contribution in [0.25, 0.3) is 0 Å². The van der Waals surface area contributed by atoms with Crippen LogP contribution in [0, 0.1) is 0 Å². The van der Waals surface area contributed by atoms with Gasteiger partial charge in [0.25, 0.3) is 0 Å². The fraction of sp³-hybridized carbons (Fsp3) is 0.900. The van der Waals surface area contributed by atoms with Gasteiger partial charge in [0.15, 0.2) is 0 Å². The Morgan fingerprint density at radius 3 is 2.35 bits per heavy atom. The summed E-state index contributed by atoms with van der Waals surface area (Å²) < 4.78 is 0. The van der Waals surface area contributed by atoms with E-state index in [1.54, 1.807) is 13.8 Å². The van der Waals surface area contributed by atoms with Crippen LogP contribution < -0.4 is 11.1 Å². The van der Waals surface area contributed by atoms with Crippen LogP contribution in [0.3, 0.4) is 0 Å². The zero-order valence-electron chi connectivity index (χ0n) is 10.4. The first-order valence-electron chi connectivity index (χ1n) is 5.37. The molecule has 104 valence electrons. The Hall–Kier alpha value is 0.320. The van der Waals surface area contributed by atoms with Gasteiger partial charge in [-0.1, -0.05) is 0 Å². The van der Waals surface area contributed by atoms with E-state index < -0.39 is 5.54 Å². The molecular formula is C10H23Cl2N3OS. The van der Waals surface area contributed by atoms with Crippen molar-refractivity contribution < 1.29 is 4.79 Å². The minimum absolute atomic E-state index is 0. The number of nitrogens with two attached hydrogens (primary N) is 1. The smallest absolute Gasteiger partial charge is 0.239 e. The topological polar surface area (TPSA) is 58.4 Å². The van der Waals surface area contributed by atoms with E-state index in [1.165, 1.54) is 11.5 Å². The first kappa shape index (κ1) is 19.7. The molecule has 3 N–H and O–H groups in total. The first-order chi connectivity index (χ1) is 7.00. The molecule has 4 nitrogen and oxygen atoms in total. The highest BCUT2D eigenvalue weighted by Gasteiger charge is 2.21. The standard InChI is InChI=1S/C10H21N3OS.2ClH/c1-10(2,11)9(14)12-3-4-13-5-7-15-8-6-13;;/h3-8,11H2,1-2H3,(H,12,14);2*1H. The van der Waals surface area contributed by atoms with Gasteiger partial charge in [-0.15, -0.1) is 24.8 Å². The van der Waals surface area contributed by atoms with E-state index in [2.05, 4.69) is 10.2 Å². The summed E-state index contributed by atoms with van der Waals surface area (Å²) in [5, 5.41) is 2.86. The Bertz CT molecular complexity index is 218. The van der Waals surface area contributed by atoms with Crippen molar-refractivity contribution >= 4 is 42.5 Å². The van der Waals surface area contributed by atoms with Crippen LogP contribution in [0.1, 0.15) is 13.8 Å². The minimum Gasteiger partial charge on any atom is -0.353 e. The molecule has 0 radical (unpaired) electrons. The molecule has 0 spiro atoms. The van der Waals surface area contributed by atoms with E-state index in [4.69, 9.17) is 5.73 Å². The van der Waals surface area contributed by atoms with Gasteiger partial charge in [-0.05, 0) is 13.8 Å². The van der Waals surface area contributed by atoms with E-state index in [0.29, 0.717) is 6.54 Å². The third kappa shape index (κ3) is 8.11. The lowest BCUT2D eigenvalue weighted by Gasteiger charge is -2.26. The number of carbonyl (C=O) groups is 1. The fourth-order valence-electron chi connectivity index (χ4n) is 1.38. The molecule has 0 bridgehead atoms. The monoisotopic (exact) mass is 303 g/mol. The summed E-state index contributed by atoms with van der Waals surface area (Å²) in [5.41, 5.74) is 4.90. The summed E-state index contributed by atoms with van der Waals surface area (Å²) in [6.07, 6.45) is 0. The second kappa shape index (κ2) is 9.28. The molecule has 1 saturated heterocycles. The number of hydrogen-bond acceptors (Lipinski definition) is 4. The molecular weight excluding hydrogens is 281 g/mol. The molecule has 17 heavy (non-hydrogen) atoms. The highest BCUT2D eigenvalue weighted by atomic mass is 35.5. The predicted molar refractivity (Wildman–Crippen MR) is 79.5 cm³/mol. The molecule has 0 unspecified atom stereocenters. The molecule has 1 heterocycles. The summed E-state index contributed by atoms with van der Waals surface area (Å²) in [6, 6.07) is 0. The number of halogens is 2. The van der Waals surface area contributed by atoms with Crippen LogP contribution in [0.2, 0.25) is 0 Å². The van der Waals surface area contributed by atoms with Crippen molar-refractivity contribution in [3.05, 3.63) is 0 Å². The Labute approximate surface area is 120 Å². The summed E-state index contributed by atoms with van der Waals surface area (Å²) >= 11 is 1.99. The van der Waals surface area contributed by atoms with Crippen LogP contribution in [-0.2, 0) is 4.79 Å². The predicted octanol–water partition coefficient (Wildman–Crippen LogP) is 0.732. The van der Waals surface area contributed by atoms with Crippen molar-refractivity contribution in [2.24, 2.45) is 5.73 Å². The van der Waals surface area contributed by atoms with Crippen LogP contribution in [-0.4, -0.2) is 54.0 Å². The van der Waals surface area contributed by atoms with E-state index in [-0.39, 0.29) is 30.7 Å². The molecule has 0 aromatic heterocycles. The summed E-state index contributed by atoms with van der Waals surface area (Å²) in [6.45, 7) is 7.34. The zero-order valence-corrected chi connectivity index (χ0v) is 12.8. The van der Waals surface area contributed by atoms with Crippen molar-refractivity contribution in [1.29, 1.82) is 0 Å². The minimum atomic E-state index is -0.766. The molecule has 7 heteroatoms. The number of rotatable bonds is 4. The van der Waals surface area contributed by atoms with Crippen LogP contribution in [0.5, 0.6) is 0 Å². The zero-order chi connectivity index (χ0) is 11.3. The molecule has 1 rings (SSSR count). The molecule has 0 aromatic rings. The van der Waals surface area contributed by atoms with Gasteiger partial charge < -0.3 is 11.1 Å². The molecule has 0 aromatic carbocycles. The van der Waals surface area contributed by atoms with Gasteiger partial charge in [0.1, 0.15) is 0 Å². The number of carbonyl (C=O) groups excluding carboxylic acids is 1. The molecule has 0 aliphatic carbocycles. The lowest BCUT2D eigenvalue weighted by molar-refractivity contribution is -0.125. The maximum absolute atomic E-state index is 11.4. The van der Waals surface area contributed by atoms with E-state index in [1.807, 2.05) is 11.8 Å². The average Bonchev–Trinajstić information content (AvgIpc) is 2.18. The van der Waals surface area contributed by atoms with Gasteiger partial charge in [0.05, 0.1) is 5.54 Å². The van der Waals surface area contributed by atoms with E-state index >= 15 is 0 Å². The lowest BCUT2D eigenvalue weighted by Crippen LogP contribution is -2.50. The largest absolute Gasteiger partial charge is 0.353 e. The van der Waals surface area contributed by atoms with Gasteiger partial charge in [-0.25, -0.2) is 0 Å². The third-order valence-electron chi connectivity index (χ3n) is 2.40. The van der Waals surface area contributed by atoms with Gasteiger partial charge >= 0.3 is 0 Å². The molecule has 1 fully saturated rings. The number of hydrogen-bond donors (Lipinski definition) is 2. The number of nitrogens with zero attached hydrogens (tertiary/aromatic N) is 1. The highest BCUT2D eigenvalue weighted by Crippen LogP contribution is 2.07. The van der Waals surface area contributed by atoms with Crippen molar-refractivity contribution in [3.63, 3.8) is 0 Å². The van der Waals surface area contributed by atoms with E-state index in [0.717, 1.165) is 19.6 Å². The number of amides is 1. The maximum atomic E-state index is 11.4. The fourth-order valence-corrected chi connectivity index (χ4v) is 2.36. The van der Waals surface area contributed by atoms with Crippen molar-refractivity contribution in [1.82, 2.24) is 10.2 Å². The molecule has 0 saturated carbocycles. The molecule has 1 aliphatic rings. The van der Waals surface area contributed by atoms with Gasteiger partial charge in [0.2, 0.25) is 5.91 Å². The summed E-state index contributed by atoms with van der Waals surface area (Å²) in [5.74, 6) is 2.33. The average molecular weight is 304 g/mol. The van der Waals surface area contributed by atoms with Crippen molar-refractivity contribution in [3.8, 4) is 0 Å². The lowest BCUT2D eigenvalue weighted by atomic mass is 10.1. The molecule has 0 atom stereocenters. The van der Waals surface area contributed by atoms with Crippen molar-refractivity contribution in [2.45, 2.75) is 19.4 Å². The first-order valence-corrected chi connectivity index (χ1v) is 6.53.